The normalized spacial score (nSPS) is 11.3. The van der Waals surface area contributed by atoms with Crippen LogP contribution in [-0.2, 0) is 26.4 Å². The van der Waals surface area contributed by atoms with Crippen molar-refractivity contribution in [3.05, 3.63) is 48.0 Å². The fourth-order valence-corrected chi connectivity index (χ4v) is 2.49. The zero-order chi connectivity index (χ0) is 13.2. The number of hydrogen-bond donors (Lipinski definition) is 0. The van der Waals surface area contributed by atoms with E-state index < -0.39 is 0 Å². The van der Waals surface area contributed by atoms with Gasteiger partial charge in [-0.1, -0.05) is 19.1 Å². The van der Waals surface area contributed by atoms with Crippen LogP contribution in [0, 0.1) is 0 Å². The van der Waals surface area contributed by atoms with Gasteiger partial charge in [-0.2, -0.15) is 5.10 Å². The molecular formula is C15H18N4. The predicted octanol–water partition coefficient (Wildman–Crippen LogP) is 2.57. The summed E-state index contributed by atoms with van der Waals surface area (Å²) in [7, 11) is 1.95. The molecule has 0 fully saturated rings. The van der Waals surface area contributed by atoms with E-state index in [2.05, 4.69) is 41.0 Å². The van der Waals surface area contributed by atoms with E-state index in [-0.39, 0.29) is 0 Å². The fraction of sp³-hybridized carbons (Fsp3) is 0.333. The van der Waals surface area contributed by atoms with Crippen LogP contribution >= 0.6 is 0 Å². The van der Waals surface area contributed by atoms with Crippen molar-refractivity contribution in [2.45, 2.75) is 26.3 Å². The maximum Gasteiger partial charge on any atom is 0.109 e. The van der Waals surface area contributed by atoms with Gasteiger partial charge in [-0.3, -0.25) is 4.68 Å². The highest BCUT2D eigenvalue weighted by Gasteiger charge is 2.08. The second kappa shape index (κ2) is 4.88. The van der Waals surface area contributed by atoms with Crippen molar-refractivity contribution in [2.75, 3.05) is 0 Å². The zero-order valence-electron chi connectivity index (χ0n) is 11.4. The first-order valence-electron chi connectivity index (χ1n) is 6.69. The summed E-state index contributed by atoms with van der Waals surface area (Å²) in [5, 5.41) is 4.21. The zero-order valence-corrected chi connectivity index (χ0v) is 11.4. The molecule has 2 aromatic heterocycles. The Morgan fingerprint density at radius 3 is 2.79 bits per heavy atom. The van der Waals surface area contributed by atoms with Gasteiger partial charge in [0.1, 0.15) is 5.82 Å². The second-order valence-corrected chi connectivity index (χ2v) is 4.79. The smallest absolute Gasteiger partial charge is 0.109 e. The van der Waals surface area contributed by atoms with Crippen LogP contribution < -0.4 is 0 Å². The molecule has 4 nitrogen and oxygen atoms in total. The van der Waals surface area contributed by atoms with Crippen LogP contribution in [0.2, 0.25) is 0 Å². The lowest BCUT2D eigenvalue weighted by molar-refractivity contribution is 0.673. The predicted molar refractivity (Wildman–Crippen MR) is 76.0 cm³/mol. The lowest BCUT2D eigenvalue weighted by Gasteiger charge is -2.06. The maximum absolute atomic E-state index is 4.69. The Morgan fingerprint density at radius 2 is 2.05 bits per heavy atom. The van der Waals surface area contributed by atoms with Gasteiger partial charge in [0.05, 0.1) is 17.2 Å². The van der Waals surface area contributed by atoms with Crippen molar-refractivity contribution in [2.24, 2.45) is 7.05 Å². The molecule has 0 aliphatic rings. The molecule has 3 aromatic rings. The average Bonchev–Trinajstić information content (AvgIpc) is 2.99. The van der Waals surface area contributed by atoms with Crippen molar-refractivity contribution < 1.29 is 0 Å². The molecule has 4 heteroatoms. The monoisotopic (exact) mass is 254 g/mol. The first-order chi connectivity index (χ1) is 9.28. The first-order valence-corrected chi connectivity index (χ1v) is 6.69. The lowest BCUT2D eigenvalue weighted by Crippen LogP contribution is -2.05. The SMILES string of the molecule is CCc1nc2ccccc2n1CCc1cnn(C)c1. The summed E-state index contributed by atoms with van der Waals surface area (Å²) >= 11 is 0. The van der Waals surface area contributed by atoms with Gasteiger partial charge in [-0.05, 0) is 24.1 Å². The topological polar surface area (TPSA) is 35.6 Å². The molecule has 0 aliphatic heterocycles. The Labute approximate surface area is 112 Å². The van der Waals surface area contributed by atoms with Crippen LogP contribution in [-0.4, -0.2) is 19.3 Å². The number of hydrogen-bond acceptors (Lipinski definition) is 2. The minimum absolute atomic E-state index is 0.954. The Balaban J connectivity index is 1.90. The number of fused-ring (bicyclic) bond motifs is 1. The first kappa shape index (κ1) is 12.0. The molecule has 1 aromatic carbocycles. The number of para-hydroxylation sites is 2. The minimum Gasteiger partial charge on any atom is -0.328 e. The van der Waals surface area contributed by atoms with Gasteiger partial charge in [0.25, 0.3) is 0 Å². The summed E-state index contributed by atoms with van der Waals surface area (Å²) in [6.07, 6.45) is 5.96. The lowest BCUT2D eigenvalue weighted by atomic mass is 10.2. The van der Waals surface area contributed by atoms with Gasteiger partial charge >= 0.3 is 0 Å². The Morgan fingerprint density at radius 1 is 1.21 bits per heavy atom. The van der Waals surface area contributed by atoms with Crippen LogP contribution in [0.15, 0.2) is 36.7 Å². The number of nitrogens with zero attached hydrogens (tertiary/aromatic N) is 4. The molecular weight excluding hydrogens is 236 g/mol. The van der Waals surface area contributed by atoms with Gasteiger partial charge in [-0.15, -0.1) is 0 Å². The minimum atomic E-state index is 0.954. The van der Waals surface area contributed by atoms with E-state index in [0.717, 1.165) is 30.7 Å². The third kappa shape index (κ3) is 2.26. The number of rotatable bonds is 4. The number of benzene rings is 1. The molecule has 0 unspecified atom stereocenters. The Hall–Kier alpha value is -2.10. The summed E-state index contributed by atoms with van der Waals surface area (Å²) in [4.78, 5) is 4.69. The van der Waals surface area contributed by atoms with Crippen LogP contribution in [0.4, 0.5) is 0 Å². The molecule has 19 heavy (non-hydrogen) atoms. The fourth-order valence-electron chi connectivity index (χ4n) is 2.49. The van der Waals surface area contributed by atoms with Crippen LogP contribution in [0.3, 0.4) is 0 Å². The van der Waals surface area contributed by atoms with Crippen LogP contribution in [0.25, 0.3) is 11.0 Å². The molecule has 0 amide bonds. The van der Waals surface area contributed by atoms with Crippen molar-refractivity contribution in [1.82, 2.24) is 19.3 Å². The van der Waals surface area contributed by atoms with E-state index in [1.165, 1.54) is 11.1 Å². The molecule has 3 rings (SSSR count). The summed E-state index contributed by atoms with van der Waals surface area (Å²) < 4.78 is 4.17. The van der Waals surface area contributed by atoms with Crippen molar-refractivity contribution in [1.29, 1.82) is 0 Å². The molecule has 2 heterocycles. The molecule has 0 spiro atoms. The standard InChI is InChI=1S/C15H18N4/c1-3-15-17-13-6-4-5-7-14(13)19(15)9-8-12-10-16-18(2)11-12/h4-7,10-11H,3,8-9H2,1-2H3. The number of aromatic nitrogens is 4. The highest BCUT2D eigenvalue weighted by molar-refractivity contribution is 5.75. The third-order valence-corrected chi connectivity index (χ3v) is 3.43. The summed E-state index contributed by atoms with van der Waals surface area (Å²) in [6.45, 7) is 3.11. The molecule has 98 valence electrons. The van der Waals surface area contributed by atoms with E-state index in [0.29, 0.717) is 0 Å². The largest absolute Gasteiger partial charge is 0.328 e. The molecule has 0 saturated heterocycles. The highest BCUT2D eigenvalue weighted by Crippen LogP contribution is 2.17. The molecule has 0 bridgehead atoms. The number of aryl methyl sites for hydroxylation is 4. The average molecular weight is 254 g/mol. The van der Waals surface area contributed by atoms with Gasteiger partial charge < -0.3 is 4.57 Å². The van der Waals surface area contributed by atoms with E-state index in [9.17, 15) is 0 Å². The molecule has 0 radical (unpaired) electrons. The highest BCUT2D eigenvalue weighted by atomic mass is 15.2. The molecule has 0 N–H and O–H groups in total. The van der Waals surface area contributed by atoms with Crippen LogP contribution in [0.1, 0.15) is 18.3 Å². The Kier molecular flexibility index (Phi) is 3.07. The van der Waals surface area contributed by atoms with E-state index in [4.69, 9.17) is 4.98 Å². The number of imidazole rings is 1. The molecule has 0 aliphatic carbocycles. The van der Waals surface area contributed by atoms with Crippen molar-refractivity contribution in [3.63, 3.8) is 0 Å². The van der Waals surface area contributed by atoms with E-state index in [1.807, 2.05) is 24.0 Å². The van der Waals surface area contributed by atoms with E-state index >= 15 is 0 Å². The van der Waals surface area contributed by atoms with Gasteiger partial charge in [0, 0.05) is 26.2 Å². The third-order valence-electron chi connectivity index (χ3n) is 3.43. The van der Waals surface area contributed by atoms with Gasteiger partial charge in [0.2, 0.25) is 0 Å². The van der Waals surface area contributed by atoms with Gasteiger partial charge in [-0.25, -0.2) is 4.98 Å². The van der Waals surface area contributed by atoms with Gasteiger partial charge in [0.15, 0.2) is 0 Å². The summed E-state index contributed by atoms with van der Waals surface area (Å²) in [5.41, 5.74) is 3.58. The maximum atomic E-state index is 4.69. The van der Waals surface area contributed by atoms with Crippen molar-refractivity contribution in [3.8, 4) is 0 Å². The van der Waals surface area contributed by atoms with Crippen molar-refractivity contribution >= 4 is 11.0 Å². The van der Waals surface area contributed by atoms with Crippen LogP contribution in [0.5, 0.6) is 0 Å². The second-order valence-electron chi connectivity index (χ2n) is 4.79. The summed E-state index contributed by atoms with van der Waals surface area (Å²) in [6, 6.07) is 8.34. The molecule has 0 saturated carbocycles. The quantitative estimate of drug-likeness (QED) is 0.717. The summed E-state index contributed by atoms with van der Waals surface area (Å²) in [5.74, 6) is 1.16. The Bertz CT molecular complexity index is 693. The van der Waals surface area contributed by atoms with E-state index in [1.54, 1.807) is 0 Å². The molecule has 0 atom stereocenters.